The van der Waals surface area contributed by atoms with E-state index in [1.54, 1.807) is 0 Å². The minimum absolute atomic E-state index is 0.478. The lowest BCUT2D eigenvalue weighted by Crippen LogP contribution is -2.29. The van der Waals surface area contributed by atoms with Crippen LogP contribution in [0.2, 0.25) is 0 Å². The Bertz CT molecular complexity index is 380. The normalized spacial score (nSPS) is 19.9. The van der Waals surface area contributed by atoms with E-state index in [4.69, 9.17) is 0 Å². The maximum absolute atomic E-state index is 4.55. The van der Waals surface area contributed by atoms with Gasteiger partial charge in [0.2, 0.25) is 0 Å². The highest BCUT2D eigenvalue weighted by molar-refractivity contribution is 5.49. The van der Waals surface area contributed by atoms with Gasteiger partial charge in [0.25, 0.3) is 0 Å². The highest BCUT2D eigenvalue weighted by Gasteiger charge is 2.16. The molecule has 0 radical (unpaired) electrons. The van der Waals surface area contributed by atoms with Crippen molar-refractivity contribution in [1.29, 1.82) is 0 Å². The average molecular weight is 276 g/mol. The molecule has 1 aromatic heterocycles. The molecule has 0 aromatic carbocycles. The summed E-state index contributed by atoms with van der Waals surface area (Å²) >= 11 is 0. The first kappa shape index (κ1) is 15.1. The average Bonchev–Trinajstić information content (AvgIpc) is 2.94. The van der Waals surface area contributed by atoms with Crippen LogP contribution >= 0.6 is 0 Å². The molecule has 1 aliphatic rings. The molecule has 2 rings (SSSR count). The van der Waals surface area contributed by atoms with Gasteiger partial charge in [-0.3, -0.25) is 0 Å². The van der Waals surface area contributed by atoms with Crippen LogP contribution in [0.3, 0.4) is 0 Å². The molecule has 4 heteroatoms. The van der Waals surface area contributed by atoms with E-state index in [-0.39, 0.29) is 0 Å². The summed E-state index contributed by atoms with van der Waals surface area (Å²) in [5.41, 5.74) is 1.12. The van der Waals surface area contributed by atoms with Gasteiger partial charge in [0, 0.05) is 25.2 Å². The third kappa shape index (κ3) is 4.10. The van der Waals surface area contributed by atoms with Crippen molar-refractivity contribution in [2.24, 2.45) is 0 Å². The standard InChI is InChI=1S/C16H28N4/c1-4-20(5-2)16-9-8-15(12-18-16)19-13(3)11-14-7-6-10-17-14/h8-9,12-14,17,19H,4-7,10-11H2,1-3H3. The minimum Gasteiger partial charge on any atom is -0.381 e. The van der Waals surface area contributed by atoms with Crippen LogP contribution in [0.1, 0.15) is 40.0 Å². The van der Waals surface area contributed by atoms with Crippen LogP contribution in [0.4, 0.5) is 11.5 Å². The zero-order valence-corrected chi connectivity index (χ0v) is 13.0. The molecular formula is C16H28N4. The molecule has 2 N–H and O–H groups in total. The molecule has 20 heavy (non-hydrogen) atoms. The highest BCUT2D eigenvalue weighted by Crippen LogP contribution is 2.17. The Morgan fingerprint density at radius 3 is 2.75 bits per heavy atom. The first-order chi connectivity index (χ1) is 9.72. The van der Waals surface area contributed by atoms with Gasteiger partial charge in [0.15, 0.2) is 0 Å². The summed E-state index contributed by atoms with van der Waals surface area (Å²) in [4.78, 5) is 6.81. The second-order valence-corrected chi connectivity index (χ2v) is 5.65. The number of rotatable bonds is 7. The van der Waals surface area contributed by atoms with Gasteiger partial charge >= 0.3 is 0 Å². The SMILES string of the molecule is CCN(CC)c1ccc(NC(C)CC2CCCN2)cn1. The number of hydrogen-bond donors (Lipinski definition) is 2. The molecule has 2 unspecified atom stereocenters. The Hall–Kier alpha value is -1.29. The number of nitrogens with zero attached hydrogens (tertiary/aromatic N) is 2. The fraction of sp³-hybridized carbons (Fsp3) is 0.688. The fourth-order valence-electron chi connectivity index (χ4n) is 2.93. The summed E-state index contributed by atoms with van der Waals surface area (Å²) in [5.74, 6) is 1.06. The lowest BCUT2D eigenvalue weighted by molar-refractivity contribution is 0.523. The predicted octanol–water partition coefficient (Wildman–Crippen LogP) is 2.87. The summed E-state index contributed by atoms with van der Waals surface area (Å²) in [6, 6.07) is 5.40. The van der Waals surface area contributed by atoms with Gasteiger partial charge in [-0.15, -0.1) is 0 Å². The lowest BCUT2D eigenvalue weighted by Gasteiger charge is -2.21. The van der Waals surface area contributed by atoms with E-state index >= 15 is 0 Å². The molecule has 0 saturated carbocycles. The maximum atomic E-state index is 4.55. The van der Waals surface area contributed by atoms with E-state index in [2.05, 4.69) is 53.4 Å². The molecule has 0 amide bonds. The van der Waals surface area contributed by atoms with Gasteiger partial charge in [0.05, 0.1) is 11.9 Å². The molecule has 112 valence electrons. The molecule has 1 aliphatic heterocycles. The van der Waals surface area contributed by atoms with Crippen LogP contribution in [0.25, 0.3) is 0 Å². The van der Waals surface area contributed by atoms with Crippen molar-refractivity contribution >= 4 is 11.5 Å². The van der Waals surface area contributed by atoms with Gasteiger partial charge in [0.1, 0.15) is 5.82 Å². The summed E-state index contributed by atoms with van der Waals surface area (Å²) < 4.78 is 0. The Balaban J connectivity index is 1.86. The zero-order chi connectivity index (χ0) is 14.4. The van der Waals surface area contributed by atoms with E-state index in [9.17, 15) is 0 Å². The predicted molar refractivity (Wildman–Crippen MR) is 86.5 cm³/mol. The van der Waals surface area contributed by atoms with Crippen LogP contribution in [0, 0.1) is 0 Å². The minimum atomic E-state index is 0.478. The summed E-state index contributed by atoms with van der Waals surface area (Å²) in [6.45, 7) is 9.75. The fourth-order valence-corrected chi connectivity index (χ4v) is 2.93. The summed E-state index contributed by atoms with van der Waals surface area (Å²) in [6.07, 6.45) is 5.76. The number of hydrogen-bond acceptors (Lipinski definition) is 4. The molecule has 0 spiro atoms. The topological polar surface area (TPSA) is 40.2 Å². The monoisotopic (exact) mass is 276 g/mol. The van der Waals surface area contributed by atoms with Gasteiger partial charge in [-0.05, 0) is 58.7 Å². The molecule has 1 aromatic rings. The van der Waals surface area contributed by atoms with Crippen molar-refractivity contribution in [2.75, 3.05) is 29.9 Å². The van der Waals surface area contributed by atoms with E-state index in [1.165, 1.54) is 25.8 Å². The van der Waals surface area contributed by atoms with E-state index in [0.29, 0.717) is 12.1 Å². The number of pyridine rings is 1. The summed E-state index contributed by atoms with van der Waals surface area (Å²) in [7, 11) is 0. The van der Waals surface area contributed by atoms with Crippen molar-refractivity contribution < 1.29 is 0 Å². The Labute approximate surface area is 123 Å². The van der Waals surface area contributed by atoms with Gasteiger partial charge < -0.3 is 15.5 Å². The van der Waals surface area contributed by atoms with Gasteiger partial charge in [-0.25, -0.2) is 4.98 Å². The van der Waals surface area contributed by atoms with Gasteiger partial charge in [-0.2, -0.15) is 0 Å². The van der Waals surface area contributed by atoms with Crippen molar-refractivity contribution in [3.8, 4) is 0 Å². The third-order valence-corrected chi connectivity index (χ3v) is 4.05. The molecule has 1 fully saturated rings. The third-order valence-electron chi connectivity index (χ3n) is 4.05. The molecule has 4 nitrogen and oxygen atoms in total. The van der Waals surface area contributed by atoms with Crippen LogP contribution in [-0.4, -0.2) is 36.7 Å². The van der Waals surface area contributed by atoms with Crippen LogP contribution in [-0.2, 0) is 0 Å². The first-order valence-corrected chi connectivity index (χ1v) is 7.93. The number of nitrogens with one attached hydrogen (secondary N) is 2. The maximum Gasteiger partial charge on any atom is 0.128 e. The molecular weight excluding hydrogens is 248 g/mol. The van der Waals surface area contributed by atoms with E-state index < -0.39 is 0 Å². The second kappa shape index (κ2) is 7.48. The quantitative estimate of drug-likeness (QED) is 0.803. The van der Waals surface area contributed by atoms with Crippen LogP contribution in [0.15, 0.2) is 18.3 Å². The second-order valence-electron chi connectivity index (χ2n) is 5.65. The van der Waals surface area contributed by atoms with Crippen molar-refractivity contribution in [3.63, 3.8) is 0 Å². The van der Waals surface area contributed by atoms with Crippen molar-refractivity contribution in [1.82, 2.24) is 10.3 Å². The number of anilines is 2. The largest absolute Gasteiger partial charge is 0.381 e. The van der Waals surface area contributed by atoms with Crippen molar-refractivity contribution in [3.05, 3.63) is 18.3 Å². The Kier molecular flexibility index (Phi) is 5.65. The zero-order valence-electron chi connectivity index (χ0n) is 13.0. The molecule has 2 heterocycles. The van der Waals surface area contributed by atoms with Crippen LogP contribution in [0.5, 0.6) is 0 Å². The smallest absolute Gasteiger partial charge is 0.128 e. The lowest BCUT2D eigenvalue weighted by atomic mass is 10.1. The Morgan fingerprint density at radius 2 is 2.20 bits per heavy atom. The molecule has 2 atom stereocenters. The van der Waals surface area contributed by atoms with E-state index in [0.717, 1.165) is 24.6 Å². The van der Waals surface area contributed by atoms with E-state index in [1.807, 2.05) is 6.20 Å². The first-order valence-electron chi connectivity index (χ1n) is 7.93. The molecule has 0 aliphatic carbocycles. The Morgan fingerprint density at radius 1 is 1.40 bits per heavy atom. The van der Waals surface area contributed by atoms with Crippen molar-refractivity contribution in [2.45, 2.75) is 52.1 Å². The van der Waals surface area contributed by atoms with Gasteiger partial charge in [-0.1, -0.05) is 0 Å². The molecule has 0 bridgehead atoms. The highest BCUT2D eigenvalue weighted by atomic mass is 15.2. The molecule has 1 saturated heterocycles. The summed E-state index contributed by atoms with van der Waals surface area (Å²) in [5, 5.41) is 7.10. The van der Waals surface area contributed by atoms with Crippen LogP contribution < -0.4 is 15.5 Å². The number of aromatic nitrogens is 1.